The standard InChI is InChI=1S/C12H19N3O2/c1-8(2)11(12(16)17-4)15-9(3)10-7-13-5-6-14-10/h5-9,11,15H,1-4H3/t9?,11-/m0/s1. The zero-order valence-electron chi connectivity index (χ0n) is 10.7. The molecule has 0 bridgehead atoms. The van der Waals surface area contributed by atoms with Gasteiger partial charge in [-0.25, -0.2) is 0 Å². The zero-order valence-corrected chi connectivity index (χ0v) is 10.7. The lowest BCUT2D eigenvalue weighted by Crippen LogP contribution is -2.43. The number of ether oxygens (including phenoxy) is 1. The molecule has 94 valence electrons. The molecule has 1 aromatic rings. The smallest absolute Gasteiger partial charge is 0.323 e. The monoisotopic (exact) mass is 237 g/mol. The lowest BCUT2D eigenvalue weighted by atomic mass is 10.0. The van der Waals surface area contributed by atoms with Gasteiger partial charge in [-0.05, 0) is 12.8 Å². The molecule has 0 saturated heterocycles. The first-order valence-corrected chi connectivity index (χ1v) is 5.66. The predicted molar refractivity (Wildman–Crippen MR) is 64.2 cm³/mol. The van der Waals surface area contributed by atoms with Gasteiger partial charge in [-0.15, -0.1) is 0 Å². The first kappa shape index (κ1) is 13.6. The normalized spacial score (nSPS) is 14.4. The van der Waals surface area contributed by atoms with Crippen molar-refractivity contribution in [2.75, 3.05) is 7.11 Å². The van der Waals surface area contributed by atoms with Crippen LogP contribution in [0.5, 0.6) is 0 Å². The Morgan fingerprint density at radius 1 is 1.35 bits per heavy atom. The molecule has 1 aromatic heterocycles. The number of rotatable bonds is 5. The number of esters is 1. The number of methoxy groups -OCH3 is 1. The third-order valence-corrected chi connectivity index (χ3v) is 2.58. The number of carbonyl (C=O) groups is 1. The van der Waals surface area contributed by atoms with E-state index in [0.717, 1.165) is 5.69 Å². The van der Waals surface area contributed by atoms with E-state index in [1.165, 1.54) is 7.11 Å². The van der Waals surface area contributed by atoms with Gasteiger partial charge in [0.25, 0.3) is 0 Å². The Hall–Kier alpha value is -1.49. The maximum Gasteiger partial charge on any atom is 0.323 e. The molecule has 0 aliphatic rings. The van der Waals surface area contributed by atoms with Crippen molar-refractivity contribution in [3.05, 3.63) is 24.3 Å². The number of nitrogens with zero attached hydrogens (tertiary/aromatic N) is 2. The molecule has 1 rings (SSSR count). The first-order valence-electron chi connectivity index (χ1n) is 5.66. The maximum absolute atomic E-state index is 11.6. The van der Waals surface area contributed by atoms with E-state index >= 15 is 0 Å². The van der Waals surface area contributed by atoms with Gasteiger partial charge in [0.15, 0.2) is 0 Å². The van der Waals surface area contributed by atoms with Gasteiger partial charge in [0.2, 0.25) is 0 Å². The van der Waals surface area contributed by atoms with Gasteiger partial charge in [-0.2, -0.15) is 0 Å². The van der Waals surface area contributed by atoms with Gasteiger partial charge in [-0.1, -0.05) is 13.8 Å². The minimum atomic E-state index is -0.336. The van der Waals surface area contributed by atoms with Crippen LogP contribution in [-0.2, 0) is 9.53 Å². The average Bonchev–Trinajstić information content (AvgIpc) is 2.35. The Bertz CT molecular complexity index is 354. The molecule has 0 spiro atoms. The van der Waals surface area contributed by atoms with E-state index in [4.69, 9.17) is 4.74 Å². The summed E-state index contributed by atoms with van der Waals surface area (Å²) in [6.45, 7) is 5.89. The van der Waals surface area contributed by atoms with Gasteiger partial charge in [0.1, 0.15) is 6.04 Å². The molecule has 1 unspecified atom stereocenters. The summed E-state index contributed by atoms with van der Waals surface area (Å²) in [5.41, 5.74) is 0.807. The predicted octanol–water partition coefficient (Wildman–Crippen LogP) is 1.32. The van der Waals surface area contributed by atoms with Gasteiger partial charge in [0, 0.05) is 24.6 Å². The lowest BCUT2D eigenvalue weighted by Gasteiger charge is -2.23. The molecule has 0 amide bonds. The van der Waals surface area contributed by atoms with Crippen LogP contribution in [0, 0.1) is 5.92 Å². The largest absolute Gasteiger partial charge is 0.468 e. The Morgan fingerprint density at radius 2 is 2.06 bits per heavy atom. The summed E-state index contributed by atoms with van der Waals surface area (Å²) in [6.07, 6.45) is 4.94. The van der Waals surface area contributed by atoms with Crippen molar-refractivity contribution < 1.29 is 9.53 Å². The molecule has 1 N–H and O–H groups in total. The number of carbonyl (C=O) groups excluding carboxylic acids is 1. The summed E-state index contributed by atoms with van der Waals surface area (Å²) in [6, 6.07) is -0.382. The van der Waals surface area contributed by atoms with Crippen LogP contribution in [0.25, 0.3) is 0 Å². The van der Waals surface area contributed by atoms with E-state index in [-0.39, 0.29) is 24.0 Å². The highest BCUT2D eigenvalue weighted by Gasteiger charge is 2.25. The SMILES string of the molecule is COC(=O)[C@@H](NC(C)c1cnccn1)C(C)C. The van der Waals surface area contributed by atoms with Crippen LogP contribution >= 0.6 is 0 Å². The molecule has 0 aromatic carbocycles. The topological polar surface area (TPSA) is 64.1 Å². The van der Waals surface area contributed by atoms with E-state index < -0.39 is 0 Å². The highest BCUT2D eigenvalue weighted by Crippen LogP contribution is 2.12. The Labute approximate surface area is 102 Å². The van der Waals surface area contributed by atoms with E-state index in [1.54, 1.807) is 18.6 Å². The fourth-order valence-electron chi connectivity index (χ4n) is 1.55. The molecule has 0 radical (unpaired) electrons. The van der Waals surface area contributed by atoms with E-state index in [2.05, 4.69) is 15.3 Å². The molecule has 5 heteroatoms. The molecule has 5 nitrogen and oxygen atoms in total. The van der Waals surface area contributed by atoms with Crippen LogP contribution in [0.4, 0.5) is 0 Å². The summed E-state index contributed by atoms with van der Waals surface area (Å²) in [7, 11) is 1.40. The molecule has 0 saturated carbocycles. The van der Waals surface area contributed by atoms with Crippen molar-refractivity contribution in [3.63, 3.8) is 0 Å². The highest BCUT2D eigenvalue weighted by atomic mass is 16.5. The van der Waals surface area contributed by atoms with Gasteiger partial charge in [-0.3, -0.25) is 20.1 Å². The fourth-order valence-corrected chi connectivity index (χ4v) is 1.55. The zero-order chi connectivity index (χ0) is 12.8. The molecule has 0 aliphatic carbocycles. The number of nitrogens with one attached hydrogen (secondary N) is 1. The second-order valence-corrected chi connectivity index (χ2v) is 4.26. The number of hydrogen-bond acceptors (Lipinski definition) is 5. The molecule has 0 aliphatic heterocycles. The van der Waals surface area contributed by atoms with Gasteiger partial charge < -0.3 is 4.74 Å². The minimum absolute atomic E-state index is 0.0461. The van der Waals surface area contributed by atoms with Crippen LogP contribution in [0.15, 0.2) is 18.6 Å². The van der Waals surface area contributed by atoms with Crippen LogP contribution in [0.2, 0.25) is 0 Å². The molecule has 0 fully saturated rings. The molecular formula is C12H19N3O2. The fraction of sp³-hybridized carbons (Fsp3) is 0.583. The van der Waals surface area contributed by atoms with E-state index in [0.29, 0.717) is 0 Å². The third kappa shape index (κ3) is 3.78. The van der Waals surface area contributed by atoms with Crippen LogP contribution < -0.4 is 5.32 Å². The molecule has 1 heterocycles. The minimum Gasteiger partial charge on any atom is -0.468 e. The van der Waals surface area contributed by atoms with Crippen molar-refractivity contribution in [2.45, 2.75) is 32.9 Å². The summed E-state index contributed by atoms with van der Waals surface area (Å²) in [5, 5.41) is 3.21. The van der Waals surface area contributed by atoms with Crippen LogP contribution in [0.3, 0.4) is 0 Å². The Balaban J connectivity index is 2.71. The van der Waals surface area contributed by atoms with Crippen molar-refractivity contribution in [1.82, 2.24) is 15.3 Å². The van der Waals surface area contributed by atoms with E-state index in [1.807, 2.05) is 20.8 Å². The summed E-state index contributed by atoms with van der Waals surface area (Å²) >= 11 is 0. The van der Waals surface area contributed by atoms with Crippen molar-refractivity contribution in [3.8, 4) is 0 Å². The molecule has 2 atom stereocenters. The van der Waals surface area contributed by atoms with Crippen LogP contribution in [0.1, 0.15) is 32.5 Å². The van der Waals surface area contributed by atoms with Crippen molar-refractivity contribution in [2.24, 2.45) is 5.92 Å². The second kappa shape index (κ2) is 6.30. The van der Waals surface area contributed by atoms with Crippen LogP contribution in [-0.4, -0.2) is 29.1 Å². The summed E-state index contributed by atoms with van der Waals surface area (Å²) in [5.74, 6) is -0.0997. The Kier molecular flexibility index (Phi) is 5.03. The Morgan fingerprint density at radius 3 is 2.53 bits per heavy atom. The van der Waals surface area contributed by atoms with Gasteiger partial charge in [0.05, 0.1) is 12.8 Å². The number of aromatic nitrogens is 2. The first-order chi connectivity index (χ1) is 8.06. The van der Waals surface area contributed by atoms with E-state index in [9.17, 15) is 4.79 Å². The summed E-state index contributed by atoms with van der Waals surface area (Å²) < 4.78 is 4.77. The number of hydrogen-bond donors (Lipinski definition) is 1. The summed E-state index contributed by atoms with van der Waals surface area (Å²) in [4.78, 5) is 19.8. The molecular weight excluding hydrogens is 218 g/mol. The van der Waals surface area contributed by atoms with Crippen molar-refractivity contribution in [1.29, 1.82) is 0 Å². The average molecular weight is 237 g/mol. The lowest BCUT2D eigenvalue weighted by molar-refractivity contribution is -0.144. The maximum atomic E-state index is 11.6. The van der Waals surface area contributed by atoms with Gasteiger partial charge >= 0.3 is 5.97 Å². The highest BCUT2D eigenvalue weighted by molar-refractivity contribution is 5.76. The quantitative estimate of drug-likeness (QED) is 0.783. The third-order valence-electron chi connectivity index (χ3n) is 2.58. The van der Waals surface area contributed by atoms with Crippen molar-refractivity contribution >= 4 is 5.97 Å². The second-order valence-electron chi connectivity index (χ2n) is 4.26. The molecule has 17 heavy (non-hydrogen) atoms.